The molecule has 0 bridgehead atoms. The van der Waals surface area contributed by atoms with Crippen molar-refractivity contribution in [3.63, 3.8) is 0 Å². The van der Waals surface area contributed by atoms with Crippen LogP contribution in [0.3, 0.4) is 0 Å². The number of aryl methyl sites for hydroxylation is 1. The lowest BCUT2D eigenvalue weighted by Crippen LogP contribution is -2.42. The van der Waals surface area contributed by atoms with Crippen molar-refractivity contribution in [2.24, 2.45) is 5.92 Å². The Morgan fingerprint density at radius 3 is 2.72 bits per heavy atom. The van der Waals surface area contributed by atoms with E-state index in [1.54, 1.807) is 22.7 Å². The number of carbonyl (C=O) groups is 1. The van der Waals surface area contributed by atoms with E-state index < -0.39 is 0 Å². The first-order valence-corrected chi connectivity index (χ1v) is 12.2. The van der Waals surface area contributed by atoms with Crippen LogP contribution in [0.4, 0.5) is 0 Å². The van der Waals surface area contributed by atoms with E-state index in [0.717, 1.165) is 73.1 Å². The Hall–Kier alpha value is -1.83. The summed E-state index contributed by atoms with van der Waals surface area (Å²) in [5.74, 6) is 0.495. The number of benzene rings is 1. The zero-order valence-corrected chi connectivity index (χ0v) is 18.3. The highest BCUT2D eigenvalue weighted by Gasteiger charge is 2.36. The van der Waals surface area contributed by atoms with Gasteiger partial charge in [-0.2, -0.15) is 0 Å². The molecule has 1 unspecified atom stereocenters. The van der Waals surface area contributed by atoms with Crippen molar-refractivity contribution in [2.45, 2.75) is 45.2 Å². The molecule has 3 aromatic rings. The highest BCUT2D eigenvalue weighted by Crippen LogP contribution is 2.38. The first-order valence-electron chi connectivity index (χ1n) is 10.5. The van der Waals surface area contributed by atoms with Crippen LogP contribution in [0.5, 0.6) is 0 Å². The SMILES string of the molecule is Cc1nc(CN2CCC(C(=O)N3CCCC3c3nc4ccccc4s3)CC2)cs1. The van der Waals surface area contributed by atoms with Gasteiger partial charge in [-0.15, -0.1) is 22.7 Å². The summed E-state index contributed by atoms with van der Waals surface area (Å²) >= 11 is 3.46. The lowest BCUT2D eigenvalue weighted by Gasteiger charge is -2.34. The third-order valence-electron chi connectivity index (χ3n) is 6.12. The molecule has 152 valence electrons. The Kier molecular flexibility index (Phi) is 5.37. The number of para-hydroxylation sites is 1. The van der Waals surface area contributed by atoms with Crippen molar-refractivity contribution in [3.05, 3.63) is 45.4 Å². The second-order valence-electron chi connectivity index (χ2n) is 8.12. The molecule has 4 heterocycles. The molecule has 0 N–H and O–H groups in total. The van der Waals surface area contributed by atoms with Crippen LogP contribution in [0.1, 0.15) is 47.4 Å². The molecule has 5 nitrogen and oxygen atoms in total. The first-order chi connectivity index (χ1) is 14.2. The molecular weight excluding hydrogens is 400 g/mol. The third-order valence-corrected chi connectivity index (χ3v) is 8.08. The zero-order valence-electron chi connectivity index (χ0n) is 16.7. The third kappa shape index (κ3) is 3.96. The number of rotatable bonds is 4. The van der Waals surface area contributed by atoms with Gasteiger partial charge in [-0.1, -0.05) is 12.1 Å². The standard InChI is InChI=1S/C22H26N4OS2/c1-15-23-17(14-28-15)13-25-11-8-16(9-12-25)22(27)26-10-4-6-19(26)21-24-18-5-2-3-7-20(18)29-21/h2-3,5,7,14,16,19H,4,6,8-13H2,1H3. The van der Waals surface area contributed by atoms with E-state index >= 15 is 0 Å². The Bertz CT molecular complexity index is 972. The van der Waals surface area contributed by atoms with Gasteiger partial charge < -0.3 is 4.90 Å². The number of likely N-dealkylation sites (tertiary alicyclic amines) is 2. The number of hydrogen-bond donors (Lipinski definition) is 0. The quantitative estimate of drug-likeness (QED) is 0.610. The molecule has 0 aliphatic carbocycles. The Morgan fingerprint density at radius 2 is 1.97 bits per heavy atom. The Balaban J connectivity index is 1.23. The summed E-state index contributed by atoms with van der Waals surface area (Å²) in [5, 5.41) is 4.38. The fourth-order valence-corrected chi connectivity index (χ4v) is 6.32. The number of nitrogens with zero attached hydrogens (tertiary/aromatic N) is 4. The molecule has 1 amide bonds. The van der Waals surface area contributed by atoms with Gasteiger partial charge in [0.2, 0.25) is 5.91 Å². The molecule has 0 radical (unpaired) electrons. The van der Waals surface area contributed by atoms with Gasteiger partial charge in [0.15, 0.2) is 0 Å². The minimum atomic E-state index is 0.151. The van der Waals surface area contributed by atoms with Crippen LogP contribution in [0.15, 0.2) is 29.6 Å². The van der Waals surface area contributed by atoms with E-state index in [0.29, 0.717) is 5.91 Å². The lowest BCUT2D eigenvalue weighted by molar-refractivity contribution is -0.138. The topological polar surface area (TPSA) is 49.3 Å². The first kappa shape index (κ1) is 19.2. The monoisotopic (exact) mass is 426 g/mol. The predicted molar refractivity (Wildman–Crippen MR) is 118 cm³/mol. The van der Waals surface area contributed by atoms with Crippen molar-refractivity contribution in [1.29, 1.82) is 0 Å². The van der Waals surface area contributed by atoms with E-state index in [2.05, 4.69) is 45.3 Å². The van der Waals surface area contributed by atoms with E-state index in [9.17, 15) is 4.79 Å². The minimum Gasteiger partial charge on any atom is -0.333 e. The van der Waals surface area contributed by atoms with Gasteiger partial charge in [0.05, 0.1) is 27.0 Å². The van der Waals surface area contributed by atoms with Crippen LogP contribution in [0, 0.1) is 12.8 Å². The summed E-state index contributed by atoms with van der Waals surface area (Å²) < 4.78 is 1.22. The van der Waals surface area contributed by atoms with Crippen LogP contribution >= 0.6 is 22.7 Å². The fraction of sp³-hybridized carbons (Fsp3) is 0.500. The number of piperidine rings is 1. The highest BCUT2D eigenvalue weighted by molar-refractivity contribution is 7.18. The van der Waals surface area contributed by atoms with Crippen molar-refractivity contribution in [1.82, 2.24) is 19.8 Å². The molecule has 0 saturated carbocycles. The fourth-order valence-electron chi connectivity index (χ4n) is 4.60. The summed E-state index contributed by atoms with van der Waals surface area (Å²) in [6, 6.07) is 8.44. The molecule has 2 fully saturated rings. The van der Waals surface area contributed by atoms with Crippen molar-refractivity contribution in [2.75, 3.05) is 19.6 Å². The van der Waals surface area contributed by atoms with E-state index in [1.807, 2.05) is 6.07 Å². The molecule has 1 aromatic carbocycles. The summed E-state index contributed by atoms with van der Waals surface area (Å²) in [4.78, 5) is 27.3. The van der Waals surface area contributed by atoms with Gasteiger partial charge in [0, 0.05) is 24.4 Å². The molecule has 1 atom stereocenters. The largest absolute Gasteiger partial charge is 0.333 e. The second-order valence-corrected chi connectivity index (χ2v) is 10.2. The van der Waals surface area contributed by atoms with Gasteiger partial charge in [-0.25, -0.2) is 9.97 Å². The molecule has 7 heteroatoms. The average molecular weight is 427 g/mol. The summed E-state index contributed by atoms with van der Waals surface area (Å²) in [6.45, 7) is 5.79. The van der Waals surface area contributed by atoms with Crippen LogP contribution < -0.4 is 0 Å². The number of fused-ring (bicyclic) bond motifs is 1. The van der Waals surface area contributed by atoms with Gasteiger partial charge in [-0.3, -0.25) is 9.69 Å². The molecular formula is C22H26N4OS2. The van der Waals surface area contributed by atoms with Crippen molar-refractivity contribution >= 4 is 38.8 Å². The number of amides is 1. The van der Waals surface area contributed by atoms with Crippen LogP contribution in [-0.2, 0) is 11.3 Å². The van der Waals surface area contributed by atoms with E-state index in [4.69, 9.17) is 4.98 Å². The van der Waals surface area contributed by atoms with Crippen molar-refractivity contribution < 1.29 is 4.79 Å². The molecule has 2 aromatic heterocycles. The van der Waals surface area contributed by atoms with Crippen LogP contribution in [0.25, 0.3) is 10.2 Å². The summed E-state index contributed by atoms with van der Waals surface area (Å²) in [5.41, 5.74) is 2.21. The normalized spacial score (nSPS) is 21.3. The lowest BCUT2D eigenvalue weighted by atomic mass is 9.95. The number of aromatic nitrogens is 2. The zero-order chi connectivity index (χ0) is 19.8. The predicted octanol–water partition coefficient (Wildman–Crippen LogP) is 4.64. The Morgan fingerprint density at radius 1 is 1.14 bits per heavy atom. The van der Waals surface area contributed by atoms with Crippen LogP contribution in [0.2, 0.25) is 0 Å². The molecule has 29 heavy (non-hydrogen) atoms. The smallest absolute Gasteiger partial charge is 0.226 e. The van der Waals surface area contributed by atoms with Gasteiger partial charge in [0.1, 0.15) is 5.01 Å². The number of hydrogen-bond acceptors (Lipinski definition) is 6. The maximum Gasteiger partial charge on any atom is 0.226 e. The second kappa shape index (κ2) is 8.13. The molecule has 2 aliphatic heterocycles. The maximum atomic E-state index is 13.3. The highest BCUT2D eigenvalue weighted by atomic mass is 32.1. The maximum absolute atomic E-state index is 13.3. The molecule has 2 aliphatic rings. The van der Waals surface area contributed by atoms with Gasteiger partial charge in [-0.05, 0) is 57.8 Å². The molecule has 2 saturated heterocycles. The van der Waals surface area contributed by atoms with Gasteiger partial charge in [0.25, 0.3) is 0 Å². The number of thiazole rings is 2. The molecule has 0 spiro atoms. The average Bonchev–Trinajstić information content (AvgIpc) is 3.47. The summed E-state index contributed by atoms with van der Waals surface area (Å²) in [7, 11) is 0. The summed E-state index contributed by atoms with van der Waals surface area (Å²) in [6.07, 6.45) is 4.01. The van der Waals surface area contributed by atoms with Crippen LogP contribution in [-0.4, -0.2) is 45.3 Å². The number of carbonyl (C=O) groups excluding carboxylic acids is 1. The van der Waals surface area contributed by atoms with Gasteiger partial charge >= 0.3 is 0 Å². The minimum absolute atomic E-state index is 0.151. The Labute approximate surface area is 179 Å². The van der Waals surface area contributed by atoms with Crippen molar-refractivity contribution in [3.8, 4) is 0 Å². The van der Waals surface area contributed by atoms with E-state index in [1.165, 1.54) is 4.70 Å². The van der Waals surface area contributed by atoms with E-state index in [-0.39, 0.29) is 12.0 Å². The molecule has 5 rings (SSSR count).